The van der Waals surface area contributed by atoms with Crippen molar-refractivity contribution in [2.24, 2.45) is 0 Å². The van der Waals surface area contributed by atoms with Gasteiger partial charge in [0.05, 0.1) is 11.6 Å². The minimum atomic E-state index is 0.763. The number of benzene rings is 1. The van der Waals surface area contributed by atoms with Gasteiger partial charge in [-0.1, -0.05) is 30.3 Å². The molecule has 3 rings (SSSR count). The van der Waals surface area contributed by atoms with Gasteiger partial charge in [0.15, 0.2) is 0 Å². The largest absolute Gasteiger partial charge is 0.460 e. The molecule has 0 amide bonds. The van der Waals surface area contributed by atoms with Crippen LogP contribution in [-0.2, 0) is 4.74 Å². The highest BCUT2D eigenvalue weighted by Gasteiger charge is 2.25. The quantitative estimate of drug-likeness (QED) is 0.734. The highest BCUT2D eigenvalue weighted by atomic mass is 16.5. The third kappa shape index (κ3) is 1.93. The van der Waals surface area contributed by atoms with Crippen LogP contribution in [0.4, 0.5) is 0 Å². The average molecular weight is 237 g/mol. The van der Waals surface area contributed by atoms with E-state index in [1.165, 1.54) is 18.4 Å². The molecule has 0 saturated heterocycles. The molecule has 1 aromatic rings. The van der Waals surface area contributed by atoms with Gasteiger partial charge in [0, 0.05) is 18.4 Å². The fraction of sp³-hybridized carbons (Fsp3) is 0.312. The fourth-order valence-electron chi connectivity index (χ4n) is 2.64. The number of nitriles is 1. The van der Waals surface area contributed by atoms with Crippen LogP contribution in [0.1, 0.15) is 37.7 Å². The molecule has 0 atom stereocenters. The normalized spacial score (nSPS) is 19.1. The van der Waals surface area contributed by atoms with Crippen LogP contribution < -0.4 is 0 Å². The minimum Gasteiger partial charge on any atom is -0.460 e. The molecular weight excluding hydrogens is 222 g/mol. The highest BCUT2D eigenvalue weighted by molar-refractivity contribution is 5.69. The van der Waals surface area contributed by atoms with Crippen LogP contribution in [-0.4, -0.2) is 0 Å². The van der Waals surface area contributed by atoms with Gasteiger partial charge in [-0.15, -0.1) is 0 Å². The van der Waals surface area contributed by atoms with Crippen molar-refractivity contribution >= 4 is 5.76 Å². The zero-order chi connectivity index (χ0) is 12.4. The Morgan fingerprint density at radius 2 is 1.83 bits per heavy atom. The summed E-state index contributed by atoms with van der Waals surface area (Å²) in [4.78, 5) is 0. The van der Waals surface area contributed by atoms with E-state index in [9.17, 15) is 5.26 Å². The second-order valence-corrected chi connectivity index (χ2v) is 4.80. The molecule has 0 aromatic heterocycles. The summed E-state index contributed by atoms with van der Waals surface area (Å²) in [5.74, 6) is 1.87. The first-order valence-electron chi connectivity index (χ1n) is 6.46. The zero-order valence-electron chi connectivity index (χ0n) is 10.3. The van der Waals surface area contributed by atoms with E-state index in [4.69, 9.17) is 4.74 Å². The monoisotopic (exact) mass is 237 g/mol. The number of nitrogens with zero attached hydrogens (tertiary/aromatic N) is 1. The molecule has 2 heteroatoms. The number of hydrogen-bond donors (Lipinski definition) is 0. The molecule has 2 aliphatic rings. The van der Waals surface area contributed by atoms with E-state index in [-0.39, 0.29) is 0 Å². The first-order valence-corrected chi connectivity index (χ1v) is 6.46. The lowest BCUT2D eigenvalue weighted by Gasteiger charge is -2.27. The second kappa shape index (κ2) is 4.70. The molecule has 0 saturated carbocycles. The van der Waals surface area contributed by atoms with E-state index in [1.54, 1.807) is 0 Å². The predicted octanol–water partition coefficient (Wildman–Crippen LogP) is 4.17. The van der Waals surface area contributed by atoms with E-state index in [0.717, 1.165) is 41.9 Å². The van der Waals surface area contributed by atoms with Crippen molar-refractivity contribution in [1.29, 1.82) is 5.26 Å². The van der Waals surface area contributed by atoms with Gasteiger partial charge in [-0.3, -0.25) is 0 Å². The van der Waals surface area contributed by atoms with Crippen LogP contribution in [0.3, 0.4) is 0 Å². The maximum absolute atomic E-state index is 9.30. The average Bonchev–Trinajstić information content (AvgIpc) is 2.46. The molecule has 18 heavy (non-hydrogen) atoms. The Morgan fingerprint density at radius 1 is 1.06 bits per heavy atom. The lowest BCUT2D eigenvalue weighted by atomic mass is 9.89. The van der Waals surface area contributed by atoms with E-state index in [0.29, 0.717) is 0 Å². The molecule has 1 heterocycles. The first-order chi connectivity index (χ1) is 8.88. The third-order valence-electron chi connectivity index (χ3n) is 3.59. The summed E-state index contributed by atoms with van der Waals surface area (Å²) in [7, 11) is 0. The Hall–Kier alpha value is -2.01. The summed E-state index contributed by atoms with van der Waals surface area (Å²) in [5, 5.41) is 9.30. The van der Waals surface area contributed by atoms with E-state index < -0.39 is 0 Å². The Kier molecular flexibility index (Phi) is 2.90. The molecule has 0 bridgehead atoms. The van der Waals surface area contributed by atoms with Crippen molar-refractivity contribution in [2.45, 2.75) is 32.1 Å². The zero-order valence-corrected chi connectivity index (χ0v) is 10.3. The molecule has 2 nitrogen and oxygen atoms in total. The standard InChI is InChI=1S/C16H15NO/c17-11-14-10-13-8-4-5-9-15(13)18-16(14)12-6-2-1-3-7-12/h1-3,6-7H,4-5,8-10H2. The molecule has 0 spiro atoms. The summed E-state index contributed by atoms with van der Waals surface area (Å²) in [5.41, 5.74) is 3.10. The molecule has 1 aliphatic heterocycles. The van der Waals surface area contributed by atoms with Crippen molar-refractivity contribution in [1.82, 2.24) is 0 Å². The fourth-order valence-corrected chi connectivity index (χ4v) is 2.64. The lowest BCUT2D eigenvalue weighted by Crippen LogP contribution is -2.10. The van der Waals surface area contributed by atoms with Crippen LogP contribution in [0.15, 0.2) is 47.2 Å². The molecule has 0 N–H and O–H groups in total. The van der Waals surface area contributed by atoms with E-state index in [1.807, 2.05) is 30.3 Å². The van der Waals surface area contributed by atoms with Gasteiger partial charge < -0.3 is 4.74 Å². The highest BCUT2D eigenvalue weighted by Crippen LogP contribution is 2.39. The smallest absolute Gasteiger partial charge is 0.148 e. The topological polar surface area (TPSA) is 33.0 Å². The summed E-state index contributed by atoms with van der Waals surface area (Å²) in [6.07, 6.45) is 5.30. The summed E-state index contributed by atoms with van der Waals surface area (Å²) in [6, 6.07) is 12.2. The van der Waals surface area contributed by atoms with Gasteiger partial charge in [-0.05, 0) is 24.8 Å². The van der Waals surface area contributed by atoms with Gasteiger partial charge in [-0.25, -0.2) is 0 Å². The van der Waals surface area contributed by atoms with Crippen LogP contribution >= 0.6 is 0 Å². The lowest BCUT2D eigenvalue weighted by molar-refractivity contribution is 0.325. The third-order valence-corrected chi connectivity index (χ3v) is 3.59. The Bertz CT molecular complexity index is 561. The van der Waals surface area contributed by atoms with Crippen molar-refractivity contribution in [2.75, 3.05) is 0 Å². The van der Waals surface area contributed by atoms with Crippen LogP contribution in [0, 0.1) is 11.3 Å². The summed E-state index contributed by atoms with van der Waals surface area (Å²) >= 11 is 0. The number of ether oxygens (including phenoxy) is 1. The van der Waals surface area contributed by atoms with Gasteiger partial charge in [0.1, 0.15) is 11.5 Å². The van der Waals surface area contributed by atoms with Crippen molar-refractivity contribution in [3.05, 3.63) is 52.8 Å². The van der Waals surface area contributed by atoms with Crippen molar-refractivity contribution in [3.8, 4) is 6.07 Å². The predicted molar refractivity (Wildman–Crippen MR) is 70.2 cm³/mol. The van der Waals surface area contributed by atoms with Gasteiger partial charge in [0.2, 0.25) is 0 Å². The van der Waals surface area contributed by atoms with Crippen LogP contribution in [0.5, 0.6) is 0 Å². The number of hydrogen-bond acceptors (Lipinski definition) is 2. The van der Waals surface area contributed by atoms with E-state index >= 15 is 0 Å². The summed E-state index contributed by atoms with van der Waals surface area (Å²) < 4.78 is 6.02. The Morgan fingerprint density at radius 3 is 2.61 bits per heavy atom. The minimum absolute atomic E-state index is 0.763. The number of allylic oxidation sites excluding steroid dienone is 3. The molecule has 1 aromatic carbocycles. The Labute approximate surface area is 107 Å². The second-order valence-electron chi connectivity index (χ2n) is 4.80. The molecule has 0 radical (unpaired) electrons. The van der Waals surface area contributed by atoms with Crippen molar-refractivity contribution < 1.29 is 4.74 Å². The molecule has 90 valence electrons. The van der Waals surface area contributed by atoms with Crippen molar-refractivity contribution in [3.63, 3.8) is 0 Å². The molecule has 1 aliphatic carbocycles. The van der Waals surface area contributed by atoms with Gasteiger partial charge in [-0.2, -0.15) is 5.26 Å². The Balaban J connectivity index is 1.98. The summed E-state index contributed by atoms with van der Waals surface area (Å²) in [6.45, 7) is 0. The maximum Gasteiger partial charge on any atom is 0.148 e. The maximum atomic E-state index is 9.30. The molecule has 0 fully saturated rings. The number of rotatable bonds is 1. The van der Waals surface area contributed by atoms with Crippen LogP contribution in [0.25, 0.3) is 5.76 Å². The molecule has 0 unspecified atom stereocenters. The van der Waals surface area contributed by atoms with Crippen LogP contribution in [0.2, 0.25) is 0 Å². The van der Waals surface area contributed by atoms with Gasteiger partial charge in [0.25, 0.3) is 0 Å². The SMILES string of the molecule is N#CC1=C(c2ccccc2)OC2=C(CCCC2)C1. The first kappa shape index (κ1) is 11.1. The molecular formula is C16H15NO. The van der Waals surface area contributed by atoms with Gasteiger partial charge >= 0.3 is 0 Å². The van der Waals surface area contributed by atoms with E-state index in [2.05, 4.69) is 6.07 Å².